The fourth-order valence-corrected chi connectivity index (χ4v) is 3.56. The third kappa shape index (κ3) is 3.81. The number of benzene rings is 2. The number of ether oxygens (including phenoxy) is 2. The predicted molar refractivity (Wildman–Crippen MR) is 113 cm³/mol. The summed E-state index contributed by atoms with van der Waals surface area (Å²) in [6.07, 6.45) is -0.0594. The van der Waals surface area contributed by atoms with Gasteiger partial charge in [-0.2, -0.15) is 5.10 Å². The smallest absolute Gasteiger partial charge is 0.249 e. The molecule has 2 N–H and O–H groups in total. The fourth-order valence-electron chi connectivity index (χ4n) is 3.56. The molecule has 3 aromatic rings. The van der Waals surface area contributed by atoms with E-state index in [0.29, 0.717) is 39.8 Å². The number of rotatable bonds is 5. The molecule has 0 saturated heterocycles. The molecule has 0 fully saturated rings. The summed E-state index contributed by atoms with van der Waals surface area (Å²) in [5, 5.41) is 10.2. The first-order chi connectivity index (χ1) is 14.9. The number of methoxy groups -OCH3 is 2. The van der Waals surface area contributed by atoms with Gasteiger partial charge in [0, 0.05) is 22.9 Å². The molecule has 1 aliphatic heterocycles. The molecule has 9 heteroatoms. The second kappa shape index (κ2) is 8.10. The highest BCUT2D eigenvalue weighted by Gasteiger charge is 2.34. The van der Waals surface area contributed by atoms with Crippen molar-refractivity contribution in [3.05, 3.63) is 53.8 Å². The molecular weight excluding hydrogens is 403 g/mol. The molecule has 8 nitrogen and oxygen atoms in total. The molecule has 0 unspecified atom stereocenters. The molecule has 0 aliphatic carbocycles. The van der Waals surface area contributed by atoms with Crippen LogP contribution in [-0.4, -0.2) is 35.8 Å². The van der Waals surface area contributed by atoms with Gasteiger partial charge >= 0.3 is 0 Å². The van der Waals surface area contributed by atoms with Gasteiger partial charge in [0.2, 0.25) is 11.8 Å². The summed E-state index contributed by atoms with van der Waals surface area (Å²) in [7, 11) is 3.03. The van der Waals surface area contributed by atoms with Crippen LogP contribution in [-0.2, 0) is 9.59 Å². The van der Waals surface area contributed by atoms with Gasteiger partial charge in [-0.3, -0.25) is 9.59 Å². The number of amides is 2. The number of fused-ring (bicyclic) bond motifs is 1. The Labute approximate surface area is 178 Å². The maximum absolute atomic E-state index is 13.3. The zero-order valence-corrected chi connectivity index (χ0v) is 17.2. The zero-order chi connectivity index (χ0) is 22.1. The van der Waals surface area contributed by atoms with Gasteiger partial charge in [0.25, 0.3) is 0 Å². The molecule has 0 radical (unpaired) electrons. The average Bonchev–Trinajstić information content (AvgIpc) is 3.10. The molecule has 160 valence electrons. The van der Waals surface area contributed by atoms with Crippen LogP contribution in [0, 0.1) is 12.7 Å². The van der Waals surface area contributed by atoms with E-state index in [1.807, 2.05) is 0 Å². The van der Waals surface area contributed by atoms with E-state index in [4.69, 9.17) is 9.47 Å². The van der Waals surface area contributed by atoms with Gasteiger partial charge in [-0.15, -0.1) is 0 Å². The average molecular weight is 424 g/mol. The molecule has 0 spiro atoms. The first-order valence-electron chi connectivity index (χ1n) is 9.59. The lowest BCUT2D eigenvalue weighted by atomic mass is 10.1. The largest absolute Gasteiger partial charge is 0.493 e. The van der Waals surface area contributed by atoms with Crippen molar-refractivity contribution >= 4 is 23.3 Å². The molecule has 31 heavy (non-hydrogen) atoms. The maximum atomic E-state index is 13.3. The van der Waals surface area contributed by atoms with Gasteiger partial charge in [-0.05, 0) is 43.3 Å². The quantitative estimate of drug-likeness (QED) is 0.653. The summed E-state index contributed by atoms with van der Waals surface area (Å²) < 4.78 is 25.3. The molecule has 1 atom stereocenters. The Morgan fingerprint density at radius 3 is 2.55 bits per heavy atom. The van der Waals surface area contributed by atoms with E-state index in [-0.39, 0.29) is 18.1 Å². The Bertz CT molecular complexity index is 1160. The summed E-state index contributed by atoms with van der Waals surface area (Å²) >= 11 is 0. The van der Waals surface area contributed by atoms with Crippen molar-refractivity contribution in [1.29, 1.82) is 0 Å². The normalized spacial score (nSPS) is 15.1. The van der Waals surface area contributed by atoms with E-state index in [1.54, 1.807) is 37.3 Å². The van der Waals surface area contributed by atoms with Crippen LogP contribution in [0.3, 0.4) is 0 Å². The maximum Gasteiger partial charge on any atom is 0.249 e. The van der Waals surface area contributed by atoms with E-state index in [0.717, 1.165) is 0 Å². The lowest BCUT2D eigenvalue weighted by Crippen LogP contribution is -2.35. The minimum absolute atomic E-state index is 0.0594. The van der Waals surface area contributed by atoms with Gasteiger partial charge in [0.05, 0.1) is 26.3 Å². The van der Waals surface area contributed by atoms with E-state index >= 15 is 0 Å². The van der Waals surface area contributed by atoms with Gasteiger partial charge in [0.15, 0.2) is 11.5 Å². The van der Waals surface area contributed by atoms with Crippen LogP contribution < -0.4 is 20.1 Å². The monoisotopic (exact) mass is 424 g/mol. The number of hydrogen-bond acceptors (Lipinski definition) is 5. The summed E-state index contributed by atoms with van der Waals surface area (Å²) in [4.78, 5) is 25.4. The van der Waals surface area contributed by atoms with Crippen LogP contribution in [0.4, 0.5) is 15.9 Å². The molecule has 2 heterocycles. The number of hydrogen-bond donors (Lipinski definition) is 2. The SMILES string of the molecule is COc1ccc(NC(=O)[C@H]2CC(=O)Nc3c(C)c(-c4ccc(F)cc4)nn32)cc1OC. The minimum Gasteiger partial charge on any atom is -0.493 e. The molecule has 2 amide bonds. The fraction of sp³-hybridized carbons (Fsp3) is 0.227. The van der Waals surface area contributed by atoms with Crippen LogP contribution >= 0.6 is 0 Å². The highest BCUT2D eigenvalue weighted by atomic mass is 19.1. The standard InChI is InChI=1S/C22H21FN4O4/c1-12-20(13-4-6-14(23)7-5-13)26-27-16(11-19(28)25-21(12)27)22(29)24-15-8-9-17(30-2)18(10-15)31-3/h4-10,16H,11H2,1-3H3,(H,24,29)(H,25,28)/t16-/m1/s1. The Morgan fingerprint density at radius 1 is 1.16 bits per heavy atom. The highest BCUT2D eigenvalue weighted by Crippen LogP contribution is 2.35. The summed E-state index contributed by atoms with van der Waals surface area (Å²) in [6.45, 7) is 1.80. The van der Waals surface area contributed by atoms with Crippen molar-refractivity contribution in [2.24, 2.45) is 0 Å². The molecular formula is C22H21FN4O4. The number of nitrogens with one attached hydrogen (secondary N) is 2. The molecule has 1 aromatic heterocycles. The third-order valence-electron chi connectivity index (χ3n) is 5.15. The van der Waals surface area contributed by atoms with Crippen LogP contribution in [0.1, 0.15) is 18.0 Å². The van der Waals surface area contributed by atoms with Crippen molar-refractivity contribution in [3.8, 4) is 22.8 Å². The Hall–Kier alpha value is -3.88. The highest BCUT2D eigenvalue weighted by molar-refractivity contribution is 6.02. The Kier molecular flexibility index (Phi) is 5.33. The van der Waals surface area contributed by atoms with Crippen molar-refractivity contribution < 1.29 is 23.5 Å². The number of carbonyl (C=O) groups is 2. The Morgan fingerprint density at radius 2 is 1.87 bits per heavy atom. The minimum atomic E-state index is -0.843. The van der Waals surface area contributed by atoms with Crippen molar-refractivity contribution in [2.75, 3.05) is 24.9 Å². The van der Waals surface area contributed by atoms with Crippen molar-refractivity contribution in [1.82, 2.24) is 9.78 Å². The Balaban J connectivity index is 1.66. The molecule has 2 aromatic carbocycles. The van der Waals surface area contributed by atoms with Crippen molar-refractivity contribution in [3.63, 3.8) is 0 Å². The molecule has 4 rings (SSSR count). The van der Waals surface area contributed by atoms with Gasteiger partial charge in [0.1, 0.15) is 17.7 Å². The number of carbonyl (C=O) groups excluding carboxylic acids is 2. The van der Waals surface area contributed by atoms with Crippen LogP contribution in [0.25, 0.3) is 11.3 Å². The van der Waals surface area contributed by atoms with E-state index in [9.17, 15) is 14.0 Å². The molecule has 0 bridgehead atoms. The van der Waals surface area contributed by atoms with Crippen molar-refractivity contribution in [2.45, 2.75) is 19.4 Å². The number of aromatic nitrogens is 2. The first kappa shape index (κ1) is 20.4. The van der Waals surface area contributed by atoms with Gasteiger partial charge in [-0.25, -0.2) is 9.07 Å². The number of anilines is 2. The lowest BCUT2D eigenvalue weighted by molar-refractivity contribution is -0.125. The van der Waals surface area contributed by atoms with Crippen LogP contribution in [0.15, 0.2) is 42.5 Å². The second-order valence-electron chi connectivity index (χ2n) is 7.10. The van der Waals surface area contributed by atoms with E-state index in [1.165, 1.54) is 31.0 Å². The molecule has 1 aliphatic rings. The van der Waals surface area contributed by atoms with Crippen LogP contribution in [0.2, 0.25) is 0 Å². The summed E-state index contributed by atoms with van der Waals surface area (Å²) in [5.41, 5.74) is 2.46. The number of nitrogens with zero attached hydrogens (tertiary/aromatic N) is 2. The third-order valence-corrected chi connectivity index (χ3v) is 5.15. The number of halogens is 1. The summed E-state index contributed by atoms with van der Waals surface area (Å²) in [6, 6.07) is 10.1. The summed E-state index contributed by atoms with van der Waals surface area (Å²) in [5.74, 6) is 0.418. The van der Waals surface area contributed by atoms with Gasteiger partial charge in [-0.1, -0.05) is 0 Å². The van der Waals surface area contributed by atoms with E-state index in [2.05, 4.69) is 15.7 Å². The van der Waals surface area contributed by atoms with E-state index < -0.39 is 11.9 Å². The van der Waals surface area contributed by atoms with Gasteiger partial charge < -0.3 is 20.1 Å². The zero-order valence-electron chi connectivity index (χ0n) is 17.2. The predicted octanol–water partition coefficient (Wildman–Crippen LogP) is 3.54. The first-order valence-corrected chi connectivity index (χ1v) is 9.59. The lowest BCUT2D eigenvalue weighted by Gasteiger charge is -2.24. The van der Waals surface area contributed by atoms with Crippen LogP contribution in [0.5, 0.6) is 11.5 Å². The second-order valence-corrected chi connectivity index (χ2v) is 7.10. The topological polar surface area (TPSA) is 94.5 Å². The molecule has 0 saturated carbocycles.